The number of aliphatic hydroxyl groups excluding tert-OH is 1. The van der Waals surface area contributed by atoms with Crippen LogP contribution in [0.15, 0.2) is 36.5 Å². The van der Waals surface area contributed by atoms with E-state index >= 15 is 0 Å². The van der Waals surface area contributed by atoms with E-state index in [1.807, 2.05) is 6.92 Å². The Morgan fingerprint density at radius 1 is 1.31 bits per heavy atom. The summed E-state index contributed by atoms with van der Waals surface area (Å²) in [5.41, 5.74) is 0.988. The van der Waals surface area contributed by atoms with Gasteiger partial charge >= 0.3 is 6.03 Å². The summed E-state index contributed by atoms with van der Waals surface area (Å²) in [6.07, 6.45) is 5.28. The minimum atomic E-state index is -0.448. The summed E-state index contributed by atoms with van der Waals surface area (Å²) in [7, 11) is 1.73. The molecule has 2 aromatic rings. The largest absolute Gasteiger partial charge is 0.472 e. The van der Waals surface area contributed by atoms with Crippen molar-refractivity contribution in [1.29, 1.82) is 0 Å². The Balaban J connectivity index is 1.63. The first-order valence-electron chi connectivity index (χ1n) is 12.6. The van der Waals surface area contributed by atoms with Gasteiger partial charge in [0.05, 0.1) is 19.2 Å². The fraction of sp³-hybridized carbons (Fsp3) is 0.519. The van der Waals surface area contributed by atoms with E-state index in [0.29, 0.717) is 24.2 Å². The molecule has 194 valence electrons. The number of amides is 3. The molecular formula is C27H35FN4O4. The summed E-state index contributed by atoms with van der Waals surface area (Å²) in [4.78, 5) is 34.0. The van der Waals surface area contributed by atoms with Crippen molar-refractivity contribution in [2.75, 3.05) is 26.7 Å². The van der Waals surface area contributed by atoms with Crippen molar-refractivity contribution in [2.24, 2.45) is 5.92 Å². The molecule has 1 aromatic heterocycles. The van der Waals surface area contributed by atoms with E-state index in [4.69, 9.17) is 4.74 Å². The van der Waals surface area contributed by atoms with Crippen LogP contribution in [0.25, 0.3) is 11.1 Å². The van der Waals surface area contributed by atoms with E-state index in [-0.39, 0.29) is 41.9 Å². The molecule has 2 aliphatic rings. The van der Waals surface area contributed by atoms with Crippen LogP contribution in [-0.4, -0.2) is 76.8 Å². The smallest absolute Gasteiger partial charge is 0.317 e. The number of hydrogen-bond acceptors (Lipinski definition) is 5. The maximum atomic E-state index is 14.5. The van der Waals surface area contributed by atoms with Crippen molar-refractivity contribution < 1.29 is 23.8 Å². The molecular weight excluding hydrogens is 463 g/mol. The van der Waals surface area contributed by atoms with E-state index in [1.165, 1.54) is 12.3 Å². The first-order chi connectivity index (χ1) is 17.3. The molecule has 8 nitrogen and oxygen atoms in total. The summed E-state index contributed by atoms with van der Waals surface area (Å²) >= 11 is 0. The number of pyridine rings is 1. The number of benzene rings is 1. The first-order valence-corrected chi connectivity index (χ1v) is 12.6. The molecule has 0 radical (unpaired) electrons. The number of aliphatic hydroxyl groups is 1. The molecule has 2 heterocycles. The van der Waals surface area contributed by atoms with Gasteiger partial charge in [-0.15, -0.1) is 0 Å². The van der Waals surface area contributed by atoms with Crippen LogP contribution in [0.1, 0.15) is 49.9 Å². The van der Waals surface area contributed by atoms with Crippen LogP contribution in [-0.2, 0) is 0 Å². The van der Waals surface area contributed by atoms with Crippen LogP contribution in [0.4, 0.5) is 9.18 Å². The number of nitrogens with zero attached hydrogens (tertiary/aromatic N) is 3. The maximum Gasteiger partial charge on any atom is 0.317 e. The van der Waals surface area contributed by atoms with Gasteiger partial charge in [0, 0.05) is 42.9 Å². The van der Waals surface area contributed by atoms with Crippen LogP contribution >= 0.6 is 0 Å². The zero-order chi connectivity index (χ0) is 25.8. The lowest BCUT2D eigenvalue weighted by Gasteiger charge is -2.37. The van der Waals surface area contributed by atoms with Crippen molar-refractivity contribution in [3.63, 3.8) is 0 Å². The van der Waals surface area contributed by atoms with E-state index in [2.05, 4.69) is 10.3 Å². The normalized spacial score (nSPS) is 21.2. The SMILES string of the molecule is C[C@H](CO)N1C[C@H](C)[C@@H](CN(C)C(=O)NC2CCCC2)Oc2ncc(-c3ccccc3F)cc2C1=O. The fourth-order valence-electron chi connectivity index (χ4n) is 4.87. The number of urea groups is 1. The molecule has 0 spiro atoms. The molecule has 2 N–H and O–H groups in total. The number of fused-ring (bicyclic) bond motifs is 1. The number of aromatic nitrogens is 1. The molecule has 36 heavy (non-hydrogen) atoms. The molecule has 4 rings (SSSR count). The lowest BCUT2D eigenvalue weighted by atomic mass is 9.99. The highest BCUT2D eigenvalue weighted by molar-refractivity contribution is 5.98. The van der Waals surface area contributed by atoms with Gasteiger partial charge in [-0.2, -0.15) is 0 Å². The zero-order valence-corrected chi connectivity index (χ0v) is 21.1. The van der Waals surface area contributed by atoms with Gasteiger partial charge in [-0.05, 0) is 31.9 Å². The average molecular weight is 499 g/mol. The monoisotopic (exact) mass is 498 g/mol. The van der Waals surface area contributed by atoms with Gasteiger partial charge in [0.25, 0.3) is 5.91 Å². The number of hydrogen-bond donors (Lipinski definition) is 2. The minimum absolute atomic E-state index is 0.136. The predicted octanol–water partition coefficient (Wildman–Crippen LogP) is 3.69. The van der Waals surface area contributed by atoms with E-state index in [0.717, 1.165) is 25.7 Å². The Labute approximate surface area is 211 Å². The summed E-state index contributed by atoms with van der Waals surface area (Å²) in [5.74, 6) is -0.766. The standard InChI is InChI=1S/C27H35FN4O4/c1-17-14-32(18(2)16-33)26(34)22-12-19(21-10-6-7-11-23(21)28)13-29-25(22)36-24(17)15-31(3)27(35)30-20-8-4-5-9-20/h6-7,10-13,17-18,20,24,33H,4-5,8-9,14-16H2,1-3H3,(H,30,35)/t17-,18+,24+/m0/s1. The number of carbonyl (C=O) groups excluding carboxylic acids is 2. The lowest BCUT2D eigenvalue weighted by molar-refractivity contribution is 0.0351. The minimum Gasteiger partial charge on any atom is -0.472 e. The van der Waals surface area contributed by atoms with Crippen LogP contribution in [0.3, 0.4) is 0 Å². The molecule has 1 saturated carbocycles. The topological polar surface area (TPSA) is 95.0 Å². The Bertz CT molecular complexity index is 1090. The quantitative estimate of drug-likeness (QED) is 0.634. The van der Waals surface area contributed by atoms with Gasteiger partial charge in [-0.25, -0.2) is 14.2 Å². The highest BCUT2D eigenvalue weighted by Gasteiger charge is 2.35. The van der Waals surface area contributed by atoms with Crippen molar-refractivity contribution >= 4 is 11.9 Å². The third kappa shape index (κ3) is 5.61. The van der Waals surface area contributed by atoms with Crippen molar-refractivity contribution in [3.05, 3.63) is 47.9 Å². The van der Waals surface area contributed by atoms with E-state index < -0.39 is 18.0 Å². The lowest BCUT2D eigenvalue weighted by Crippen LogP contribution is -2.52. The van der Waals surface area contributed by atoms with Gasteiger partial charge in [0.2, 0.25) is 5.88 Å². The van der Waals surface area contributed by atoms with Crippen molar-refractivity contribution in [1.82, 2.24) is 20.1 Å². The van der Waals surface area contributed by atoms with E-state index in [1.54, 1.807) is 48.0 Å². The van der Waals surface area contributed by atoms with Gasteiger partial charge in [-0.3, -0.25) is 4.79 Å². The van der Waals surface area contributed by atoms with E-state index in [9.17, 15) is 19.1 Å². The molecule has 0 unspecified atom stereocenters. The fourth-order valence-corrected chi connectivity index (χ4v) is 4.87. The molecule has 0 bridgehead atoms. The van der Waals surface area contributed by atoms with Crippen molar-refractivity contribution in [2.45, 2.75) is 57.7 Å². The zero-order valence-electron chi connectivity index (χ0n) is 21.1. The second-order valence-electron chi connectivity index (χ2n) is 9.99. The maximum absolute atomic E-state index is 14.5. The molecule has 1 aliphatic heterocycles. The Hall–Kier alpha value is -3.20. The van der Waals surface area contributed by atoms with Gasteiger partial charge in [-0.1, -0.05) is 38.0 Å². The Morgan fingerprint density at radius 3 is 2.72 bits per heavy atom. The Morgan fingerprint density at radius 2 is 2.03 bits per heavy atom. The highest BCUT2D eigenvalue weighted by Crippen LogP contribution is 2.31. The van der Waals surface area contributed by atoms with Crippen LogP contribution in [0, 0.1) is 11.7 Å². The number of halogens is 1. The second-order valence-corrected chi connectivity index (χ2v) is 9.99. The molecule has 1 aromatic carbocycles. The average Bonchev–Trinajstić information content (AvgIpc) is 3.38. The summed E-state index contributed by atoms with van der Waals surface area (Å²) in [6, 6.07) is 7.50. The van der Waals surface area contributed by atoms with Gasteiger partial charge < -0.3 is 25.0 Å². The van der Waals surface area contributed by atoms with Crippen LogP contribution in [0.5, 0.6) is 5.88 Å². The molecule has 3 amide bonds. The molecule has 9 heteroatoms. The number of rotatable bonds is 6. The Kier molecular flexibility index (Phi) is 8.08. The number of nitrogens with one attached hydrogen (secondary N) is 1. The van der Waals surface area contributed by atoms with Gasteiger partial charge in [0.15, 0.2) is 0 Å². The summed E-state index contributed by atoms with van der Waals surface area (Å²) < 4.78 is 20.7. The van der Waals surface area contributed by atoms with Crippen LogP contribution in [0.2, 0.25) is 0 Å². The van der Waals surface area contributed by atoms with Gasteiger partial charge in [0.1, 0.15) is 17.5 Å². The third-order valence-corrected chi connectivity index (χ3v) is 7.19. The summed E-state index contributed by atoms with van der Waals surface area (Å²) in [5, 5.41) is 12.9. The van der Waals surface area contributed by atoms with Crippen molar-refractivity contribution in [3.8, 4) is 17.0 Å². The number of ether oxygens (including phenoxy) is 1. The first kappa shape index (κ1) is 25.9. The second kappa shape index (κ2) is 11.2. The molecule has 1 fully saturated rings. The molecule has 0 saturated heterocycles. The van der Waals surface area contributed by atoms with Crippen LogP contribution < -0.4 is 10.1 Å². The third-order valence-electron chi connectivity index (χ3n) is 7.19. The predicted molar refractivity (Wildman–Crippen MR) is 134 cm³/mol. The number of likely N-dealkylation sites (N-methyl/N-ethyl adjacent to an activating group) is 1. The summed E-state index contributed by atoms with van der Waals surface area (Å²) in [6.45, 7) is 4.15. The number of carbonyl (C=O) groups is 2. The highest BCUT2D eigenvalue weighted by atomic mass is 19.1. The molecule has 3 atom stereocenters. The molecule has 1 aliphatic carbocycles.